The fourth-order valence-electron chi connectivity index (χ4n) is 2.20. The molecule has 27 heavy (non-hydrogen) atoms. The lowest BCUT2D eigenvalue weighted by Crippen LogP contribution is -1.94. The van der Waals surface area contributed by atoms with E-state index in [0.717, 1.165) is 44.0 Å². The molecule has 3 rings (SSSR count). The lowest BCUT2D eigenvalue weighted by molar-refractivity contribution is 0.416. The first kappa shape index (κ1) is 20.8. The summed E-state index contributed by atoms with van der Waals surface area (Å²) in [5, 5.41) is 4.06. The third-order valence-corrected chi connectivity index (χ3v) is 4.99. The smallest absolute Gasteiger partial charge is 0.188 e. The molecule has 2 aromatic heterocycles. The van der Waals surface area contributed by atoms with E-state index < -0.39 is 0 Å². The molecule has 0 aliphatic heterocycles. The molecule has 0 aliphatic rings. The van der Waals surface area contributed by atoms with E-state index in [1.807, 2.05) is 19.9 Å². The number of fused-ring (bicyclic) bond motifs is 1. The average Bonchev–Trinajstić information content (AvgIpc) is 3.08. The maximum atomic E-state index is 5.32. The monoisotopic (exact) mass is 384 g/mol. The topological polar surface area (TPSA) is 59.4 Å². The van der Waals surface area contributed by atoms with Crippen LogP contribution in [0.5, 0.6) is 5.75 Å². The van der Waals surface area contributed by atoms with Gasteiger partial charge in [0.05, 0.1) is 23.7 Å². The van der Waals surface area contributed by atoms with Gasteiger partial charge >= 0.3 is 0 Å². The molecular weight excluding hydrogens is 356 g/mol. The standard InChI is InChI=1S/C16H16N4OS.C5H12/c1-4-18-14-10(2)5-6-13-15(14)20-16(22-13)19-11-9-17-8-7-12(11)21-3;1-4-5(2)3/h4-9H,1-3H3,(H,19,20);5H,4H2,1-3H3. The van der Waals surface area contributed by atoms with E-state index in [1.54, 1.807) is 37.1 Å². The lowest BCUT2D eigenvalue weighted by atomic mass is 10.2. The van der Waals surface area contributed by atoms with Crippen LogP contribution in [-0.2, 0) is 0 Å². The van der Waals surface area contributed by atoms with Crippen molar-refractivity contribution in [1.29, 1.82) is 0 Å². The van der Waals surface area contributed by atoms with Crippen molar-refractivity contribution in [3.8, 4) is 5.75 Å². The molecule has 6 heteroatoms. The number of hydrogen-bond acceptors (Lipinski definition) is 6. The van der Waals surface area contributed by atoms with E-state index >= 15 is 0 Å². The van der Waals surface area contributed by atoms with Crippen molar-refractivity contribution in [3.63, 3.8) is 0 Å². The van der Waals surface area contributed by atoms with Gasteiger partial charge in [-0.25, -0.2) is 4.98 Å². The van der Waals surface area contributed by atoms with Gasteiger partial charge in [0.25, 0.3) is 0 Å². The first-order chi connectivity index (χ1) is 13.0. The van der Waals surface area contributed by atoms with Crippen molar-refractivity contribution in [3.05, 3.63) is 36.2 Å². The first-order valence-electron chi connectivity index (χ1n) is 9.13. The number of pyridine rings is 1. The SMILES string of the molecule is CC=Nc1c(C)ccc2sc(Nc3cnccc3OC)nc12.CCC(C)C. The molecule has 0 spiro atoms. The molecule has 0 radical (unpaired) electrons. The highest BCUT2D eigenvalue weighted by Gasteiger charge is 2.11. The Morgan fingerprint density at radius 2 is 2.04 bits per heavy atom. The zero-order chi connectivity index (χ0) is 19.8. The molecule has 0 unspecified atom stereocenters. The van der Waals surface area contributed by atoms with E-state index in [1.165, 1.54) is 6.42 Å². The molecule has 0 fully saturated rings. The summed E-state index contributed by atoms with van der Waals surface area (Å²) in [4.78, 5) is 13.2. The van der Waals surface area contributed by atoms with Crippen LogP contribution in [-0.4, -0.2) is 23.3 Å². The fraction of sp³-hybridized carbons (Fsp3) is 0.381. The van der Waals surface area contributed by atoms with Crippen LogP contribution in [0.4, 0.5) is 16.5 Å². The maximum absolute atomic E-state index is 5.32. The Labute approximate surface area is 165 Å². The number of aryl methyl sites for hydroxylation is 1. The molecule has 0 saturated heterocycles. The van der Waals surface area contributed by atoms with Crippen LogP contribution in [0.15, 0.2) is 35.6 Å². The highest BCUT2D eigenvalue weighted by molar-refractivity contribution is 7.22. The Morgan fingerprint density at radius 3 is 2.67 bits per heavy atom. The summed E-state index contributed by atoms with van der Waals surface area (Å²) < 4.78 is 6.42. The second-order valence-corrected chi connectivity index (χ2v) is 7.52. The molecule has 3 aromatic rings. The molecule has 1 aromatic carbocycles. The molecular formula is C21H28N4OS. The fourth-order valence-corrected chi connectivity index (χ4v) is 3.08. The minimum atomic E-state index is 0.734. The van der Waals surface area contributed by atoms with Crippen molar-refractivity contribution < 1.29 is 4.74 Å². The number of anilines is 2. The molecule has 0 saturated carbocycles. The second kappa shape index (κ2) is 10.0. The van der Waals surface area contributed by atoms with Gasteiger partial charge in [-0.05, 0) is 31.4 Å². The minimum Gasteiger partial charge on any atom is -0.494 e. The third kappa shape index (κ3) is 5.50. The number of rotatable bonds is 5. The van der Waals surface area contributed by atoms with E-state index in [9.17, 15) is 0 Å². The van der Waals surface area contributed by atoms with E-state index in [-0.39, 0.29) is 0 Å². The van der Waals surface area contributed by atoms with E-state index in [0.29, 0.717) is 0 Å². The normalized spacial score (nSPS) is 10.9. The molecule has 0 aliphatic carbocycles. The average molecular weight is 385 g/mol. The van der Waals surface area contributed by atoms with E-state index in [4.69, 9.17) is 4.74 Å². The quantitative estimate of drug-likeness (QED) is 0.508. The Hall–Kier alpha value is -2.47. The van der Waals surface area contributed by atoms with Crippen LogP contribution in [0.1, 0.15) is 39.7 Å². The number of nitrogens with one attached hydrogen (secondary N) is 1. The van der Waals surface area contributed by atoms with Crippen LogP contribution < -0.4 is 10.1 Å². The Bertz CT molecular complexity index is 902. The number of nitrogens with zero attached hydrogens (tertiary/aromatic N) is 3. The van der Waals surface area contributed by atoms with Crippen LogP contribution in [0.2, 0.25) is 0 Å². The summed E-state index contributed by atoms with van der Waals surface area (Å²) >= 11 is 1.58. The summed E-state index contributed by atoms with van der Waals surface area (Å²) in [7, 11) is 1.64. The number of methoxy groups -OCH3 is 1. The molecule has 0 bridgehead atoms. The van der Waals surface area contributed by atoms with Gasteiger partial charge in [0.15, 0.2) is 5.13 Å². The van der Waals surface area contributed by atoms with Crippen molar-refractivity contribution in [1.82, 2.24) is 9.97 Å². The Kier molecular flexibility index (Phi) is 7.73. The first-order valence-corrected chi connectivity index (χ1v) is 9.95. The molecule has 0 atom stereocenters. The van der Waals surface area contributed by atoms with Crippen LogP contribution in [0, 0.1) is 12.8 Å². The number of hydrogen-bond donors (Lipinski definition) is 1. The van der Waals surface area contributed by atoms with Crippen LogP contribution in [0.25, 0.3) is 10.2 Å². The Morgan fingerprint density at radius 1 is 1.30 bits per heavy atom. The van der Waals surface area contributed by atoms with Gasteiger partial charge in [0.2, 0.25) is 0 Å². The van der Waals surface area contributed by atoms with Gasteiger partial charge in [-0.15, -0.1) is 0 Å². The highest BCUT2D eigenvalue weighted by Crippen LogP contribution is 2.37. The van der Waals surface area contributed by atoms with Crippen molar-refractivity contribution in [2.45, 2.75) is 41.0 Å². The van der Waals surface area contributed by atoms with Gasteiger partial charge < -0.3 is 10.1 Å². The Balaban J connectivity index is 0.000000465. The number of ether oxygens (including phenoxy) is 1. The zero-order valence-electron chi connectivity index (χ0n) is 16.9. The van der Waals surface area contributed by atoms with E-state index in [2.05, 4.69) is 53.2 Å². The third-order valence-electron chi connectivity index (χ3n) is 4.05. The molecule has 2 heterocycles. The van der Waals surface area contributed by atoms with Crippen molar-refractivity contribution >= 4 is 44.3 Å². The molecule has 0 amide bonds. The number of thiazole rings is 1. The summed E-state index contributed by atoms with van der Waals surface area (Å²) in [6, 6.07) is 5.95. The number of aromatic nitrogens is 2. The number of benzene rings is 1. The molecule has 1 N–H and O–H groups in total. The second-order valence-electron chi connectivity index (χ2n) is 6.49. The van der Waals surface area contributed by atoms with Gasteiger partial charge in [0, 0.05) is 18.5 Å². The predicted molar refractivity (Wildman–Crippen MR) is 117 cm³/mol. The summed E-state index contributed by atoms with van der Waals surface area (Å²) in [5.41, 5.74) is 3.73. The summed E-state index contributed by atoms with van der Waals surface area (Å²) in [5.74, 6) is 1.62. The maximum Gasteiger partial charge on any atom is 0.188 e. The van der Waals surface area contributed by atoms with Crippen molar-refractivity contribution in [2.75, 3.05) is 12.4 Å². The largest absolute Gasteiger partial charge is 0.494 e. The summed E-state index contributed by atoms with van der Waals surface area (Å²) in [6.07, 6.45) is 6.51. The van der Waals surface area contributed by atoms with Crippen molar-refractivity contribution in [2.24, 2.45) is 10.9 Å². The number of aliphatic imine (C=N–C) groups is 1. The predicted octanol–water partition coefficient (Wildman–Crippen LogP) is 6.53. The zero-order valence-corrected chi connectivity index (χ0v) is 17.7. The lowest BCUT2D eigenvalue weighted by Gasteiger charge is -2.07. The van der Waals surface area contributed by atoms with Crippen LogP contribution >= 0.6 is 11.3 Å². The van der Waals surface area contributed by atoms with Gasteiger partial charge in [-0.3, -0.25) is 9.98 Å². The van der Waals surface area contributed by atoms with Gasteiger partial charge in [-0.1, -0.05) is 44.6 Å². The molecule has 144 valence electrons. The molecule has 5 nitrogen and oxygen atoms in total. The van der Waals surface area contributed by atoms with Crippen LogP contribution in [0.3, 0.4) is 0 Å². The minimum absolute atomic E-state index is 0.734. The summed E-state index contributed by atoms with van der Waals surface area (Å²) in [6.45, 7) is 10.6. The highest BCUT2D eigenvalue weighted by atomic mass is 32.1. The van der Waals surface area contributed by atoms with Gasteiger partial charge in [0.1, 0.15) is 17.0 Å². The van der Waals surface area contributed by atoms with Gasteiger partial charge in [-0.2, -0.15) is 0 Å².